The molecule has 0 saturated heterocycles. The molecule has 0 saturated carbocycles. The molecule has 0 radical (unpaired) electrons. The van der Waals surface area contributed by atoms with Crippen LogP contribution in [0.3, 0.4) is 0 Å². The maximum atomic E-state index is 13.0. The number of amides is 1. The van der Waals surface area contributed by atoms with Gasteiger partial charge in [0, 0.05) is 17.3 Å². The van der Waals surface area contributed by atoms with E-state index in [1.165, 1.54) is 12.1 Å². The van der Waals surface area contributed by atoms with Crippen LogP contribution in [-0.2, 0) is 0 Å². The Bertz CT molecular complexity index is 872. The Hall–Kier alpha value is -3.15. The molecule has 0 aliphatic carbocycles. The molecule has 0 aliphatic rings. The van der Waals surface area contributed by atoms with Gasteiger partial charge < -0.3 is 10.1 Å². The summed E-state index contributed by atoms with van der Waals surface area (Å²) in [5, 5.41) is 9.63. The number of halogens is 1. The van der Waals surface area contributed by atoms with Crippen molar-refractivity contribution >= 4 is 11.6 Å². The minimum atomic E-state index is -0.319. The lowest BCUT2D eigenvalue weighted by Gasteiger charge is -2.09. The van der Waals surface area contributed by atoms with Gasteiger partial charge in [0.1, 0.15) is 17.3 Å². The predicted octanol–water partition coefficient (Wildman–Crippen LogP) is 3.79. The van der Waals surface area contributed by atoms with Gasteiger partial charge in [0.05, 0.1) is 12.8 Å². The minimum Gasteiger partial charge on any atom is -0.497 e. The number of ether oxygens (including phenoxy) is 1. The van der Waals surface area contributed by atoms with E-state index in [2.05, 4.69) is 15.5 Å². The number of hydrogen-bond donors (Lipinski definition) is 2. The third-order valence-corrected chi connectivity index (χ3v) is 3.66. The molecule has 0 aliphatic heterocycles. The number of H-pyrrole nitrogens is 1. The van der Waals surface area contributed by atoms with E-state index in [1.54, 1.807) is 31.4 Å². The maximum Gasteiger partial charge on any atom is 0.273 e. The van der Waals surface area contributed by atoms with Crippen LogP contribution in [0.25, 0.3) is 11.3 Å². The van der Waals surface area contributed by atoms with Gasteiger partial charge in [-0.2, -0.15) is 5.10 Å². The van der Waals surface area contributed by atoms with E-state index in [1.807, 2.05) is 19.1 Å². The van der Waals surface area contributed by atoms with E-state index in [0.29, 0.717) is 22.8 Å². The van der Waals surface area contributed by atoms with Crippen molar-refractivity contribution in [3.63, 3.8) is 0 Å². The number of rotatable bonds is 4. The van der Waals surface area contributed by atoms with Crippen molar-refractivity contribution in [3.8, 4) is 17.0 Å². The van der Waals surface area contributed by atoms with Crippen LogP contribution in [0.5, 0.6) is 5.75 Å². The molecule has 0 fully saturated rings. The molecule has 6 heteroatoms. The molecule has 24 heavy (non-hydrogen) atoms. The average molecular weight is 325 g/mol. The van der Waals surface area contributed by atoms with Crippen LogP contribution in [0.4, 0.5) is 10.1 Å². The molecule has 2 N–H and O–H groups in total. The minimum absolute atomic E-state index is 0.313. The van der Waals surface area contributed by atoms with Gasteiger partial charge in [-0.1, -0.05) is 6.07 Å². The molecule has 122 valence electrons. The number of anilines is 1. The number of nitrogens with one attached hydrogen (secondary N) is 2. The summed E-state index contributed by atoms with van der Waals surface area (Å²) in [6.07, 6.45) is 0. The number of hydrogen-bond acceptors (Lipinski definition) is 3. The van der Waals surface area contributed by atoms with Crippen LogP contribution in [0.15, 0.2) is 48.5 Å². The lowest BCUT2D eigenvalue weighted by Crippen LogP contribution is -2.13. The molecule has 0 unspecified atom stereocenters. The SMILES string of the molecule is COc1ccc(C)c(NC(=O)c2cc(-c3ccc(F)cc3)n[nH]2)c1. The summed E-state index contributed by atoms with van der Waals surface area (Å²) < 4.78 is 18.1. The Morgan fingerprint density at radius 1 is 1.17 bits per heavy atom. The van der Waals surface area contributed by atoms with Crippen molar-refractivity contribution in [2.45, 2.75) is 6.92 Å². The smallest absolute Gasteiger partial charge is 0.273 e. The summed E-state index contributed by atoms with van der Waals surface area (Å²) in [4.78, 5) is 12.4. The van der Waals surface area contributed by atoms with E-state index in [-0.39, 0.29) is 11.7 Å². The van der Waals surface area contributed by atoms with Crippen molar-refractivity contribution in [2.75, 3.05) is 12.4 Å². The number of nitrogens with zero attached hydrogens (tertiary/aromatic N) is 1. The number of aromatic amines is 1. The number of benzene rings is 2. The zero-order chi connectivity index (χ0) is 17.1. The van der Waals surface area contributed by atoms with Gasteiger partial charge in [0.25, 0.3) is 5.91 Å². The Morgan fingerprint density at radius 2 is 1.92 bits per heavy atom. The molecular formula is C18H16FN3O2. The van der Waals surface area contributed by atoms with E-state index >= 15 is 0 Å². The molecule has 0 spiro atoms. The van der Waals surface area contributed by atoms with Gasteiger partial charge in [-0.3, -0.25) is 9.89 Å². The Labute approximate surface area is 138 Å². The van der Waals surface area contributed by atoms with Crippen molar-refractivity contribution < 1.29 is 13.9 Å². The van der Waals surface area contributed by atoms with E-state index in [9.17, 15) is 9.18 Å². The number of carbonyl (C=O) groups is 1. The molecule has 2 aromatic carbocycles. The van der Waals surface area contributed by atoms with E-state index in [0.717, 1.165) is 11.1 Å². The highest BCUT2D eigenvalue weighted by Gasteiger charge is 2.13. The van der Waals surface area contributed by atoms with Gasteiger partial charge in [0.15, 0.2) is 0 Å². The van der Waals surface area contributed by atoms with Crippen LogP contribution in [0.2, 0.25) is 0 Å². The molecular weight excluding hydrogens is 309 g/mol. The summed E-state index contributed by atoms with van der Waals surface area (Å²) in [7, 11) is 1.57. The third-order valence-electron chi connectivity index (χ3n) is 3.66. The lowest BCUT2D eigenvalue weighted by atomic mass is 10.1. The van der Waals surface area contributed by atoms with Gasteiger partial charge in [-0.05, 0) is 48.9 Å². The fourth-order valence-electron chi connectivity index (χ4n) is 2.26. The molecule has 1 aromatic heterocycles. The second-order valence-corrected chi connectivity index (χ2v) is 5.31. The highest BCUT2D eigenvalue weighted by atomic mass is 19.1. The van der Waals surface area contributed by atoms with Crippen molar-refractivity contribution in [3.05, 3.63) is 65.6 Å². The van der Waals surface area contributed by atoms with E-state index < -0.39 is 0 Å². The first-order valence-electron chi connectivity index (χ1n) is 7.34. The molecule has 0 atom stereocenters. The first-order chi connectivity index (χ1) is 11.6. The fourth-order valence-corrected chi connectivity index (χ4v) is 2.26. The number of carbonyl (C=O) groups excluding carboxylic acids is 1. The fraction of sp³-hybridized carbons (Fsp3) is 0.111. The quantitative estimate of drug-likeness (QED) is 0.767. The van der Waals surface area contributed by atoms with Crippen LogP contribution in [0.1, 0.15) is 16.1 Å². The normalized spacial score (nSPS) is 10.5. The first kappa shape index (κ1) is 15.7. The van der Waals surface area contributed by atoms with E-state index in [4.69, 9.17) is 4.74 Å². The van der Waals surface area contributed by atoms with Crippen molar-refractivity contribution in [1.82, 2.24) is 10.2 Å². The van der Waals surface area contributed by atoms with Crippen molar-refractivity contribution in [1.29, 1.82) is 0 Å². The summed E-state index contributed by atoms with van der Waals surface area (Å²) in [5.74, 6) is 0.0282. The number of methoxy groups -OCH3 is 1. The molecule has 0 bridgehead atoms. The molecule has 1 amide bonds. The summed E-state index contributed by atoms with van der Waals surface area (Å²) in [6.45, 7) is 1.89. The van der Waals surface area contributed by atoms with Gasteiger partial charge >= 0.3 is 0 Å². The van der Waals surface area contributed by atoms with Crippen LogP contribution in [-0.4, -0.2) is 23.2 Å². The Kier molecular flexibility index (Phi) is 4.29. The Balaban J connectivity index is 1.80. The lowest BCUT2D eigenvalue weighted by molar-refractivity contribution is 0.102. The summed E-state index contributed by atoms with van der Waals surface area (Å²) in [5.41, 5.74) is 3.20. The second kappa shape index (κ2) is 6.54. The van der Waals surface area contributed by atoms with Gasteiger partial charge in [0.2, 0.25) is 0 Å². The zero-order valence-electron chi connectivity index (χ0n) is 13.3. The highest BCUT2D eigenvalue weighted by Crippen LogP contribution is 2.23. The first-order valence-corrected chi connectivity index (χ1v) is 7.34. The highest BCUT2D eigenvalue weighted by molar-refractivity contribution is 6.04. The van der Waals surface area contributed by atoms with Crippen LogP contribution >= 0.6 is 0 Å². The maximum absolute atomic E-state index is 13.0. The topological polar surface area (TPSA) is 67.0 Å². The zero-order valence-corrected chi connectivity index (χ0v) is 13.3. The van der Waals surface area contributed by atoms with Crippen LogP contribution < -0.4 is 10.1 Å². The van der Waals surface area contributed by atoms with Gasteiger partial charge in [-0.15, -0.1) is 0 Å². The van der Waals surface area contributed by atoms with Crippen molar-refractivity contribution in [2.24, 2.45) is 0 Å². The second-order valence-electron chi connectivity index (χ2n) is 5.31. The Morgan fingerprint density at radius 3 is 2.62 bits per heavy atom. The number of aryl methyl sites for hydroxylation is 1. The molecule has 1 heterocycles. The third kappa shape index (κ3) is 3.27. The van der Waals surface area contributed by atoms with Gasteiger partial charge in [-0.25, -0.2) is 4.39 Å². The monoisotopic (exact) mass is 325 g/mol. The molecule has 3 aromatic rings. The molecule has 5 nitrogen and oxygen atoms in total. The van der Waals surface area contributed by atoms with Crippen LogP contribution in [0, 0.1) is 12.7 Å². The predicted molar refractivity (Wildman–Crippen MR) is 89.7 cm³/mol. The average Bonchev–Trinajstić information content (AvgIpc) is 3.07. The molecule has 3 rings (SSSR count). The summed E-state index contributed by atoms with van der Waals surface area (Å²) >= 11 is 0. The standard InChI is InChI=1S/C18H16FN3O2/c1-11-3-8-14(24-2)9-15(11)20-18(23)17-10-16(21-22-17)12-4-6-13(19)7-5-12/h3-10H,1-2H3,(H,20,23)(H,21,22). The summed E-state index contributed by atoms with van der Waals surface area (Å²) in [6, 6.07) is 13.0. The largest absolute Gasteiger partial charge is 0.497 e. The number of aromatic nitrogens is 2.